The zero-order chi connectivity index (χ0) is 15.6. The normalized spacial score (nSPS) is 10.1. The van der Waals surface area contributed by atoms with E-state index in [0.29, 0.717) is 0 Å². The Bertz CT molecular complexity index is 758. The van der Waals surface area contributed by atoms with Crippen LogP contribution in [0.25, 0.3) is 11.1 Å². The minimum absolute atomic E-state index is 0.0436. The smallest absolute Gasteiger partial charge is 0.258 e. The van der Waals surface area contributed by atoms with Crippen LogP contribution in [0.2, 0.25) is 0 Å². The molecule has 0 aromatic heterocycles. The summed E-state index contributed by atoms with van der Waals surface area (Å²) >= 11 is 0. The Hall–Kier alpha value is -3.36. The van der Waals surface area contributed by atoms with E-state index in [9.17, 15) is 30.3 Å². The van der Waals surface area contributed by atoms with Gasteiger partial charge in [0.2, 0.25) is 0 Å². The number of nitro benzene ring substituents is 3. The van der Waals surface area contributed by atoms with Crippen LogP contribution in [0.15, 0.2) is 42.5 Å². The average Bonchev–Trinajstić information content (AvgIpc) is 2.46. The molecule has 0 heterocycles. The topological polar surface area (TPSA) is 129 Å². The van der Waals surface area contributed by atoms with Gasteiger partial charge in [-0.15, -0.1) is 0 Å². The van der Waals surface area contributed by atoms with Crippen molar-refractivity contribution in [2.24, 2.45) is 0 Å². The number of non-ortho nitro benzene ring substituents is 1. The number of nitro groups is 3. The van der Waals surface area contributed by atoms with Crippen molar-refractivity contribution in [1.29, 1.82) is 0 Å². The third kappa shape index (κ3) is 2.66. The van der Waals surface area contributed by atoms with Crippen LogP contribution in [0.4, 0.5) is 17.1 Å². The first-order chi connectivity index (χ1) is 9.91. The summed E-state index contributed by atoms with van der Waals surface area (Å²) in [5.41, 5.74) is -1.49. The summed E-state index contributed by atoms with van der Waals surface area (Å²) in [5, 5.41) is 32.7. The minimum Gasteiger partial charge on any atom is -0.258 e. The van der Waals surface area contributed by atoms with Gasteiger partial charge in [0.05, 0.1) is 20.3 Å². The van der Waals surface area contributed by atoms with E-state index in [2.05, 4.69) is 0 Å². The molecule has 0 saturated carbocycles. The van der Waals surface area contributed by atoms with Crippen LogP contribution in [0, 0.1) is 30.3 Å². The van der Waals surface area contributed by atoms with Crippen molar-refractivity contribution >= 4 is 17.1 Å². The highest BCUT2D eigenvalue weighted by Crippen LogP contribution is 2.38. The Morgan fingerprint density at radius 2 is 1.43 bits per heavy atom. The van der Waals surface area contributed by atoms with Gasteiger partial charge in [-0.2, -0.15) is 0 Å². The maximum absolute atomic E-state index is 11.1. The molecule has 21 heavy (non-hydrogen) atoms. The third-order valence-electron chi connectivity index (χ3n) is 2.76. The zero-order valence-electron chi connectivity index (χ0n) is 10.3. The number of para-hydroxylation sites is 1. The molecular formula is C12H7N3O6. The van der Waals surface area contributed by atoms with Crippen molar-refractivity contribution in [3.63, 3.8) is 0 Å². The van der Waals surface area contributed by atoms with Gasteiger partial charge < -0.3 is 0 Å². The van der Waals surface area contributed by atoms with Gasteiger partial charge in [0.1, 0.15) is 0 Å². The number of rotatable bonds is 4. The Morgan fingerprint density at radius 1 is 0.762 bits per heavy atom. The summed E-state index contributed by atoms with van der Waals surface area (Å²) in [6, 6.07) is 8.75. The van der Waals surface area contributed by atoms with Gasteiger partial charge in [-0.25, -0.2) is 0 Å². The average molecular weight is 289 g/mol. The van der Waals surface area contributed by atoms with Gasteiger partial charge >= 0.3 is 11.4 Å². The maximum atomic E-state index is 11.1. The van der Waals surface area contributed by atoms with Crippen LogP contribution < -0.4 is 0 Å². The molecule has 0 amide bonds. The summed E-state index contributed by atoms with van der Waals surface area (Å²) in [6.07, 6.45) is 0. The van der Waals surface area contributed by atoms with Crippen LogP contribution in [-0.2, 0) is 0 Å². The highest BCUT2D eigenvalue weighted by molar-refractivity contribution is 5.80. The number of hydrogen-bond acceptors (Lipinski definition) is 6. The van der Waals surface area contributed by atoms with Crippen LogP contribution >= 0.6 is 0 Å². The molecule has 0 aliphatic carbocycles. The van der Waals surface area contributed by atoms with E-state index in [0.717, 1.165) is 12.1 Å². The van der Waals surface area contributed by atoms with Gasteiger partial charge in [-0.05, 0) is 11.6 Å². The monoisotopic (exact) mass is 289 g/mol. The molecule has 106 valence electrons. The van der Waals surface area contributed by atoms with Crippen LogP contribution in [0.1, 0.15) is 0 Å². The lowest BCUT2D eigenvalue weighted by molar-refractivity contribution is -0.422. The van der Waals surface area contributed by atoms with Gasteiger partial charge in [0, 0.05) is 18.2 Å². The lowest BCUT2D eigenvalue weighted by atomic mass is 10.0. The molecule has 0 aliphatic rings. The van der Waals surface area contributed by atoms with E-state index >= 15 is 0 Å². The number of hydrogen-bond donors (Lipinski definition) is 0. The quantitative estimate of drug-likeness (QED) is 0.628. The molecule has 0 N–H and O–H groups in total. The van der Waals surface area contributed by atoms with Crippen LogP contribution in [0.5, 0.6) is 0 Å². The predicted molar refractivity (Wildman–Crippen MR) is 71.8 cm³/mol. The molecule has 2 aromatic rings. The van der Waals surface area contributed by atoms with Crippen molar-refractivity contribution < 1.29 is 14.8 Å². The summed E-state index contributed by atoms with van der Waals surface area (Å²) in [6.45, 7) is 0. The van der Waals surface area contributed by atoms with E-state index < -0.39 is 26.1 Å². The second-order valence-electron chi connectivity index (χ2n) is 3.99. The van der Waals surface area contributed by atoms with Gasteiger partial charge in [0.15, 0.2) is 0 Å². The highest BCUT2D eigenvalue weighted by atomic mass is 16.6. The number of nitrogens with zero attached hydrogens (tertiary/aromatic N) is 3. The molecule has 0 spiro atoms. The minimum atomic E-state index is -0.869. The van der Waals surface area contributed by atoms with Crippen molar-refractivity contribution in [2.45, 2.75) is 0 Å². The Kier molecular flexibility index (Phi) is 3.57. The molecule has 2 rings (SSSR count). The molecule has 0 bridgehead atoms. The lowest BCUT2D eigenvalue weighted by Crippen LogP contribution is -1.99. The molecule has 2 aromatic carbocycles. The summed E-state index contributed by atoms with van der Waals surface area (Å²) in [5.74, 6) is 0. The van der Waals surface area contributed by atoms with E-state index in [1.54, 1.807) is 0 Å². The first kappa shape index (κ1) is 14.1. The largest absolute Gasteiger partial charge is 0.353 e. The van der Waals surface area contributed by atoms with Crippen LogP contribution in [-0.4, -0.2) is 14.8 Å². The van der Waals surface area contributed by atoms with Crippen molar-refractivity contribution in [3.8, 4) is 11.1 Å². The fraction of sp³-hybridized carbons (Fsp3) is 0. The molecular weight excluding hydrogens is 282 g/mol. The lowest BCUT2D eigenvalue weighted by Gasteiger charge is -2.03. The molecule has 0 radical (unpaired) electrons. The molecule has 0 saturated heterocycles. The first-order valence-corrected chi connectivity index (χ1v) is 5.58. The molecule has 0 aliphatic heterocycles. The van der Waals surface area contributed by atoms with E-state index in [1.807, 2.05) is 0 Å². The summed E-state index contributed by atoms with van der Waals surface area (Å²) in [4.78, 5) is 30.3. The fourth-order valence-corrected chi connectivity index (χ4v) is 1.89. The summed E-state index contributed by atoms with van der Waals surface area (Å²) < 4.78 is 0. The van der Waals surface area contributed by atoms with Crippen molar-refractivity contribution in [2.75, 3.05) is 0 Å². The second kappa shape index (κ2) is 5.33. The van der Waals surface area contributed by atoms with Crippen molar-refractivity contribution in [1.82, 2.24) is 0 Å². The second-order valence-corrected chi connectivity index (χ2v) is 3.99. The van der Waals surface area contributed by atoms with E-state index in [4.69, 9.17) is 0 Å². The number of benzene rings is 2. The molecule has 0 atom stereocenters. The maximum Gasteiger partial charge on any atom is 0.353 e. The van der Waals surface area contributed by atoms with Gasteiger partial charge in [-0.3, -0.25) is 30.3 Å². The van der Waals surface area contributed by atoms with Crippen molar-refractivity contribution in [3.05, 3.63) is 72.8 Å². The standard InChI is InChI=1S/C12H7N3O6/c16-13(17)9-4-1-3-8(7-9)10-5-2-6-11(14(18)19)12(10)15(20)21/h1-7H. The Balaban J connectivity index is 2.72. The SMILES string of the molecule is O=[N+]([O-])c1cccc(-c2cccc([N+](=O)[O-])c2[N+](=O)[O-])c1. The molecule has 0 unspecified atom stereocenters. The van der Waals surface area contributed by atoms with Gasteiger partial charge in [-0.1, -0.05) is 18.2 Å². The van der Waals surface area contributed by atoms with E-state index in [-0.39, 0.29) is 16.8 Å². The zero-order valence-corrected chi connectivity index (χ0v) is 10.3. The predicted octanol–water partition coefficient (Wildman–Crippen LogP) is 3.08. The Labute approximate surface area is 116 Å². The molecule has 0 fully saturated rings. The highest BCUT2D eigenvalue weighted by Gasteiger charge is 2.29. The first-order valence-electron chi connectivity index (χ1n) is 5.58. The Morgan fingerprint density at radius 3 is 2.00 bits per heavy atom. The third-order valence-corrected chi connectivity index (χ3v) is 2.76. The molecule has 9 heteroatoms. The fourth-order valence-electron chi connectivity index (χ4n) is 1.89. The van der Waals surface area contributed by atoms with Crippen LogP contribution in [0.3, 0.4) is 0 Å². The molecule has 9 nitrogen and oxygen atoms in total. The van der Waals surface area contributed by atoms with E-state index in [1.165, 1.54) is 30.3 Å². The van der Waals surface area contributed by atoms with Gasteiger partial charge in [0.25, 0.3) is 5.69 Å². The summed E-state index contributed by atoms with van der Waals surface area (Å²) in [7, 11) is 0.